The largest absolute Gasteiger partial charge is 0.673 e. The SMILES string of the molecule is CC([n+]1ccn(C)c1)P(c1ccccc1)c1ccccc1.F[B-](F)(F)F. The van der Waals surface area contributed by atoms with Gasteiger partial charge < -0.3 is 17.3 Å². The first kappa shape index (κ1) is 20.2. The Hall–Kier alpha value is -2.14. The monoisotopic (exact) mass is 382 g/mol. The van der Waals surface area contributed by atoms with Crippen molar-refractivity contribution in [1.82, 2.24) is 4.57 Å². The van der Waals surface area contributed by atoms with E-state index >= 15 is 0 Å². The summed E-state index contributed by atoms with van der Waals surface area (Å²) >= 11 is 0. The predicted molar refractivity (Wildman–Crippen MR) is 99.6 cm³/mol. The van der Waals surface area contributed by atoms with E-state index in [0.717, 1.165) is 0 Å². The van der Waals surface area contributed by atoms with E-state index in [-0.39, 0.29) is 0 Å². The average molecular weight is 382 g/mol. The number of aryl methyl sites for hydroxylation is 1. The third-order valence-electron chi connectivity index (χ3n) is 3.66. The minimum atomic E-state index is -6.00. The van der Waals surface area contributed by atoms with Crippen molar-refractivity contribution < 1.29 is 21.8 Å². The van der Waals surface area contributed by atoms with Crippen LogP contribution in [0.3, 0.4) is 0 Å². The normalized spacial score (nSPS) is 12.4. The van der Waals surface area contributed by atoms with Crippen molar-refractivity contribution >= 4 is 25.8 Å². The Morgan fingerprint density at radius 3 is 1.65 bits per heavy atom. The first-order chi connectivity index (χ1) is 12.3. The van der Waals surface area contributed by atoms with Gasteiger partial charge in [0.15, 0.2) is 0 Å². The Labute approximate surface area is 152 Å². The standard InChI is InChI=1S/C18H20N2P.BF4/c1-16(20-14-13-19(2)15-20)21(17-9-5-3-6-10-17)18-11-7-4-8-12-18;2-1(3,4)5/h3-16H,1-2H3;/q+1;-1. The number of rotatable bonds is 4. The number of hydrogen-bond donors (Lipinski definition) is 0. The van der Waals surface area contributed by atoms with E-state index < -0.39 is 15.2 Å². The number of benzene rings is 2. The fourth-order valence-corrected chi connectivity index (χ4v) is 5.13. The third kappa shape index (κ3) is 6.30. The van der Waals surface area contributed by atoms with Crippen LogP contribution in [0, 0.1) is 0 Å². The van der Waals surface area contributed by atoms with Crippen LogP contribution in [-0.2, 0) is 7.05 Å². The Morgan fingerprint density at radius 1 is 0.885 bits per heavy atom. The lowest BCUT2D eigenvalue weighted by Crippen LogP contribution is -2.38. The van der Waals surface area contributed by atoms with E-state index in [4.69, 9.17) is 0 Å². The van der Waals surface area contributed by atoms with Crippen LogP contribution in [-0.4, -0.2) is 11.8 Å². The zero-order chi connectivity index (χ0) is 19.2. The maximum absolute atomic E-state index is 9.75. The summed E-state index contributed by atoms with van der Waals surface area (Å²) in [6.45, 7) is 2.31. The lowest BCUT2D eigenvalue weighted by molar-refractivity contribution is -0.697. The molecule has 3 rings (SSSR count). The molecule has 26 heavy (non-hydrogen) atoms. The van der Waals surface area contributed by atoms with E-state index in [2.05, 4.69) is 102 Å². The summed E-state index contributed by atoms with van der Waals surface area (Å²) in [6, 6.07) is 21.7. The highest BCUT2D eigenvalue weighted by atomic mass is 31.1. The van der Waals surface area contributed by atoms with Gasteiger partial charge in [0.25, 0.3) is 0 Å². The molecule has 0 amide bonds. The van der Waals surface area contributed by atoms with E-state index in [9.17, 15) is 17.3 Å². The van der Waals surface area contributed by atoms with Crippen LogP contribution in [0.25, 0.3) is 0 Å². The number of nitrogens with zero attached hydrogens (tertiary/aromatic N) is 2. The van der Waals surface area contributed by atoms with Crippen molar-refractivity contribution in [3.8, 4) is 0 Å². The molecule has 0 radical (unpaired) electrons. The molecule has 0 fully saturated rings. The van der Waals surface area contributed by atoms with Crippen LogP contribution in [0.15, 0.2) is 79.4 Å². The minimum absolute atomic E-state index is 0.422. The molecular formula is C18H20BF4N2P. The Morgan fingerprint density at radius 2 is 1.31 bits per heavy atom. The summed E-state index contributed by atoms with van der Waals surface area (Å²) in [5.74, 6) is 0.422. The summed E-state index contributed by atoms with van der Waals surface area (Å²) in [5, 5.41) is 2.84. The van der Waals surface area contributed by atoms with E-state index in [0.29, 0.717) is 5.78 Å². The quantitative estimate of drug-likeness (QED) is 0.276. The predicted octanol–water partition coefficient (Wildman–Crippen LogP) is 4.26. The lowest BCUT2D eigenvalue weighted by Gasteiger charge is -2.23. The van der Waals surface area contributed by atoms with Crippen molar-refractivity contribution in [3.05, 3.63) is 79.4 Å². The Bertz CT molecular complexity index is 748. The van der Waals surface area contributed by atoms with Gasteiger partial charge in [0, 0.05) is 7.92 Å². The van der Waals surface area contributed by atoms with Gasteiger partial charge in [0.2, 0.25) is 6.33 Å². The molecule has 1 unspecified atom stereocenters. The van der Waals surface area contributed by atoms with Crippen LogP contribution in [0.5, 0.6) is 0 Å². The van der Waals surface area contributed by atoms with Crippen molar-refractivity contribution in [2.75, 3.05) is 0 Å². The van der Waals surface area contributed by atoms with Crippen LogP contribution in [0.4, 0.5) is 17.3 Å². The summed E-state index contributed by atoms with van der Waals surface area (Å²) in [4.78, 5) is 0. The molecule has 0 aliphatic rings. The summed E-state index contributed by atoms with van der Waals surface area (Å²) in [6.07, 6.45) is 6.41. The number of hydrogen-bond acceptors (Lipinski definition) is 0. The highest BCUT2D eigenvalue weighted by Crippen LogP contribution is 2.43. The van der Waals surface area contributed by atoms with Crippen molar-refractivity contribution in [3.63, 3.8) is 0 Å². The molecule has 0 spiro atoms. The second-order valence-electron chi connectivity index (χ2n) is 5.69. The van der Waals surface area contributed by atoms with Gasteiger partial charge in [-0.05, 0) is 17.5 Å². The van der Waals surface area contributed by atoms with E-state index in [1.165, 1.54) is 10.6 Å². The van der Waals surface area contributed by atoms with Crippen LogP contribution in [0.1, 0.15) is 12.7 Å². The first-order valence-corrected chi connectivity index (χ1v) is 9.46. The molecule has 1 atom stereocenters. The second-order valence-corrected chi connectivity index (χ2v) is 8.21. The molecule has 0 N–H and O–H groups in total. The van der Waals surface area contributed by atoms with Gasteiger partial charge in [-0.15, -0.1) is 0 Å². The summed E-state index contributed by atoms with van der Waals surface area (Å²) in [7, 11) is -4.36. The molecule has 8 heteroatoms. The molecule has 0 bridgehead atoms. The zero-order valence-corrected chi connectivity index (χ0v) is 15.4. The summed E-state index contributed by atoms with van der Waals surface area (Å²) in [5.41, 5.74) is 0. The molecule has 0 saturated carbocycles. The first-order valence-electron chi connectivity index (χ1n) is 8.05. The van der Waals surface area contributed by atoms with Gasteiger partial charge in [0.1, 0.15) is 18.2 Å². The maximum atomic E-state index is 9.75. The number of halogens is 4. The molecule has 138 valence electrons. The van der Waals surface area contributed by atoms with Crippen molar-refractivity contribution in [1.29, 1.82) is 0 Å². The van der Waals surface area contributed by atoms with E-state index in [1.807, 2.05) is 0 Å². The average Bonchev–Trinajstić information content (AvgIpc) is 3.02. The van der Waals surface area contributed by atoms with Gasteiger partial charge in [-0.25, -0.2) is 9.13 Å². The van der Waals surface area contributed by atoms with Crippen molar-refractivity contribution in [2.24, 2.45) is 7.05 Å². The Balaban J connectivity index is 0.000000431. The Kier molecular flexibility index (Phi) is 6.98. The van der Waals surface area contributed by atoms with Crippen molar-refractivity contribution in [2.45, 2.75) is 12.7 Å². The molecule has 1 heterocycles. The molecule has 3 aromatic rings. The molecule has 2 nitrogen and oxygen atoms in total. The van der Waals surface area contributed by atoms with E-state index in [1.54, 1.807) is 0 Å². The van der Waals surface area contributed by atoms with Crippen LogP contribution in [0.2, 0.25) is 0 Å². The number of aromatic nitrogens is 2. The molecular weight excluding hydrogens is 362 g/mol. The van der Waals surface area contributed by atoms with Crippen LogP contribution >= 0.6 is 7.92 Å². The minimum Gasteiger partial charge on any atom is -0.418 e. The highest BCUT2D eigenvalue weighted by molar-refractivity contribution is 7.72. The maximum Gasteiger partial charge on any atom is 0.673 e. The topological polar surface area (TPSA) is 8.81 Å². The second kappa shape index (κ2) is 8.99. The fourth-order valence-electron chi connectivity index (χ4n) is 2.58. The summed E-state index contributed by atoms with van der Waals surface area (Å²) < 4.78 is 43.4. The van der Waals surface area contributed by atoms with Gasteiger partial charge in [-0.3, -0.25) is 0 Å². The zero-order valence-electron chi connectivity index (χ0n) is 14.5. The molecule has 0 aliphatic carbocycles. The third-order valence-corrected chi connectivity index (χ3v) is 6.39. The highest BCUT2D eigenvalue weighted by Gasteiger charge is 2.25. The van der Waals surface area contributed by atoms with Gasteiger partial charge >= 0.3 is 7.25 Å². The molecule has 0 saturated heterocycles. The molecule has 1 aromatic heterocycles. The smallest absolute Gasteiger partial charge is 0.418 e. The lowest BCUT2D eigenvalue weighted by atomic mass is 10.3. The van der Waals surface area contributed by atoms with Crippen LogP contribution < -0.4 is 15.2 Å². The fraction of sp³-hybridized carbons (Fsp3) is 0.167. The van der Waals surface area contributed by atoms with Gasteiger partial charge in [-0.2, -0.15) is 0 Å². The number of imidazole rings is 1. The van der Waals surface area contributed by atoms with Gasteiger partial charge in [-0.1, -0.05) is 60.7 Å². The molecule has 0 aliphatic heterocycles. The molecule has 2 aromatic carbocycles. The van der Waals surface area contributed by atoms with Gasteiger partial charge in [0.05, 0.1) is 7.05 Å².